The molecule has 0 saturated heterocycles. The number of nitrogens with one attached hydrogen (secondary N) is 3. The Morgan fingerprint density at radius 3 is 2.72 bits per heavy atom. The Hall–Kier alpha value is -2.28. The van der Waals surface area contributed by atoms with Gasteiger partial charge in [0.15, 0.2) is 5.16 Å². The molecule has 1 aromatic carbocycles. The minimum Gasteiger partial charge on any atom is -0.352 e. The molecule has 25 heavy (non-hydrogen) atoms. The maximum atomic E-state index is 11.9. The summed E-state index contributed by atoms with van der Waals surface area (Å²) in [6.45, 7) is 2.02. The van der Waals surface area contributed by atoms with E-state index in [2.05, 4.69) is 32.7 Å². The van der Waals surface area contributed by atoms with Crippen LogP contribution in [0, 0.1) is 6.92 Å². The normalized spacial score (nSPS) is 13.5. The Morgan fingerprint density at radius 1 is 1.24 bits per heavy atom. The summed E-state index contributed by atoms with van der Waals surface area (Å²) in [5.41, 5.74) is 3.20. The number of rotatable bonds is 8. The number of carbonyl (C=O) groups is 2. The van der Waals surface area contributed by atoms with Gasteiger partial charge in [-0.15, -0.1) is 0 Å². The van der Waals surface area contributed by atoms with Gasteiger partial charge >= 0.3 is 0 Å². The molecule has 0 bridgehead atoms. The third kappa shape index (κ3) is 5.63. The Labute approximate surface area is 151 Å². The van der Waals surface area contributed by atoms with E-state index in [1.807, 2.05) is 25.1 Å². The number of imidazole rings is 1. The fraction of sp³-hybridized carbons (Fsp3) is 0.389. The summed E-state index contributed by atoms with van der Waals surface area (Å²) < 4.78 is 0. The minimum atomic E-state index is -0.172. The molecule has 3 N–H and O–H groups in total. The number of nitrogens with zero attached hydrogens (tertiary/aromatic N) is 1. The lowest BCUT2D eigenvalue weighted by atomic mass is 10.1. The number of carbonyl (C=O) groups excluding carboxylic acids is 2. The van der Waals surface area contributed by atoms with Crippen molar-refractivity contribution in [2.75, 3.05) is 12.3 Å². The first-order valence-corrected chi connectivity index (χ1v) is 9.37. The minimum absolute atomic E-state index is 0.0341. The van der Waals surface area contributed by atoms with Gasteiger partial charge in [0.2, 0.25) is 11.8 Å². The van der Waals surface area contributed by atoms with E-state index >= 15 is 0 Å². The number of amides is 2. The molecule has 7 heteroatoms. The second-order valence-electron chi connectivity index (χ2n) is 6.18. The number of aryl methyl sites for hydroxylation is 1. The molecule has 0 aliphatic heterocycles. The van der Waals surface area contributed by atoms with Crippen LogP contribution in [0.1, 0.15) is 29.8 Å². The monoisotopic (exact) mass is 358 g/mol. The molecule has 2 aromatic rings. The second kappa shape index (κ2) is 8.20. The summed E-state index contributed by atoms with van der Waals surface area (Å²) in [4.78, 5) is 31.2. The van der Waals surface area contributed by atoms with Gasteiger partial charge in [-0.25, -0.2) is 4.98 Å². The summed E-state index contributed by atoms with van der Waals surface area (Å²) >= 11 is 1.34. The average molecular weight is 358 g/mol. The average Bonchev–Trinajstić information content (AvgIpc) is 3.35. The fourth-order valence-electron chi connectivity index (χ4n) is 2.37. The van der Waals surface area contributed by atoms with Crippen molar-refractivity contribution in [3.63, 3.8) is 0 Å². The van der Waals surface area contributed by atoms with Gasteiger partial charge < -0.3 is 15.6 Å². The molecule has 1 fully saturated rings. The summed E-state index contributed by atoms with van der Waals surface area (Å²) in [7, 11) is 0. The number of benzene rings is 1. The number of hydrogen-bond donors (Lipinski definition) is 3. The molecule has 1 aliphatic rings. The molecule has 0 spiro atoms. The van der Waals surface area contributed by atoms with Crippen LogP contribution in [-0.4, -0.2) is 40.1 Å². The van der Waals surface area contributed by atoms with Crippen LogP contribution < -0.4 is 10.6 Å². The molecule has 6 nitrogen and oxygen atoms in total. The van der Waals surface area contributed by atoms with Crippen LogP contribution in [0.2, 0.25) is 0 Å². The Bertz CT molecular complexity index is 741. The highest BCUT2D eigenvalue weighted by Gasteiger charge is 2.23. The number of hydrogen-bond acceptors (Lipinski definition) is 4. The highest BCUT2D eigenvalue weighted by Crippen LogP contribution is 2.19. The first-order valence-electron chi connectivity index (χ1n) is 8.38. The number of thioether (sulfide) groups is 1. The summed E-state index contributed by atoms with van der Waals surface area (Å²) in [5.74, 6) is -0.0662. The molecule has 1 saturated carbocycles. The van der Waals surface area contributed by atoms with Crippen LogP contribution in [0.4, 0.5) is 0 Å². The molecule has 1 heterocycles. The van der Waals surface area contributed by atoms with Crippen LogP contribution >= 0.6 is 11.8 Å². The molecule has 0 unspecified atom stereocenters. The predicted molar refractivity (Wildman–Crippen MR) is 97.5 cm³/mol. The van der Waals surface area contributed by atoms with E-state index in [0.717, 1.165) is 35.8 Å². The molecule has 0 radical (unpaired) electrons. The van der Waals surface area contributed by atoms with Crippen molar-refractivity contribution in [3.8, 4) is 0 Å². The van der Waals surface area contributed by atoms with Gasteiger partial charge in [0, 0.05) is 18.2 Å². The third-order valence-corrected chi connectivity index (χ3v) is 4.78. The molecule has 1 aromatic heterocycles. The van der Waals surface area contributed by atoms with E-state index in [-0.39, 0.29) is 24.1 Å². The lowest BCUT2D eigenvalue weighted by molar-refractivity contribution is -0.124. The number of aromatic amines is 1. The number of H-pyrrole nitrogens is 1. The quantitative estimate of drug-likeness (QED) is 0.628. The molecule has 1 aliphatic carbocycles. The molecular formula is C18H22N4O2S. The Balaban J connectivity index is 1.44. The Morgan fingerprint density at radius 2 is 2.00 bits per heavy atom. The number of aromatic nitrogens is 2. The van der Waals surface area contributed by atoms with Gasteiger partial charge in [0.1, 0.15) is 0 Å². The van der Waals surface area contributed by atoms with Crippen molar-refractivity contribution >= 4 is 23.6 Å². The molecular weight excluding hydrogens is 336 g/mol. The van der Waals surface area contributed by atoms with Crippen molar-refractivity contribution < 1.29 is 9.59 Å². The topological polar surface area (TPSA) is 86.9 Å². The largest absolute Gasteiger partial charge is 0.352 e. The van der Waals surface area contributed by atoms with E-state index in [1.54, 1.807) is 0 Å². The summed E-state index contributed by atoms with van der Waals surface area (Å²) in [6.07, 6.45) is 2.84. The van der Waals surface area contributed by atoms with Crippen molar-refractivity contribution in [3.05, 3.63) is 47.3 Å². The lowest BCUT2D eigenvalue weighted by Gasteiger charge is -2.05. The summed E-state index contributed by atoms with van der Waals surface area (Å²) in [5, 5.41) is 6.19. The highest BCUT2D eigenvalue weighted by molar-refractivity contribution is 7.99. The lowest BCUT2D eigenvalue weighted by Crippen LogP contribution is -2.38. The van der Waals surface area contributed by atoms with Gasteiger partial charge in [-0.2, -0.15) is 0 Å². The van der Waals surface area contributed by atoms with Crippen LogP contribution in [0.3, 0.4) is 0 Å². The van der Waals surface area contributed by atoms with E-state index in [4.69, 9.17) is 0 Å². The van der Waals surface area contributed by atoms with Gasteiger partial charge in [-0.3, -0.25) is 9.59 Å². The van der Waals surface area contributed by atoms with Crippen molar-refractivity contribution in [1.82, 2.24) is 20.6 Å². The zero-order valence-corrected chi connectivity index (χ0v) is 15.0. The molecule has 0 atom stereocenters. The maximum Gasteiger partial charge on any atom is 0.239 e. The van der Waals surface area contributed by atoms with E-state index in [0.29, 0.717) is 6.04 Å². The Kier molecular flexibility index (Phi) is 5.75. The second-order valence-corrected chi connectivity index (χ2v) is 7.15. The van der Waals surface area contributed by atoms with Crippen LogP contribution in [0.15, 0.2) is 35.5 Å². The van der Waals surface area contributed by atoms with E-state index in [9.17, 15) is 9.59 Å². The van der Waals surface area contributed by atoms with Gasteiger partial charge in [0.05, 0.1) is 18.0 Å². The van der Waals surface area contributed by atoms with Crippen molar-refractivity contribution in [2.24, 2.45) is 0 Å². The smallest absolute Gasteiger partial charge is 0.239 e. The summed E-state index contributed by atoms with van der Waals surface area (Å²) in [6, 6.07) is 10.5. The first-order chi connectivity index (χ1) is 12.1. The molecule has 3 rings (SSSR count). The van der Waals surface area contributed by atoms with Crippen molar-refractivity contribution in [1.29, 1.82) is 0 Å². The van der Waals surface area contributed by atoms with Gasteiger partial charge in [-0.1, -0.05) is 42.1 Å². The SMILES string of the molecule is Cc1[nH]c(SCC(=O)NCC(=O)NC2CC2)nc1Cc1ccccc1. The first kappa shape index (κ1) is 17.5. The highest BCUT2D eigenvalue weighted by atomic mass is 32.2. The van der Waals surface area contributed by atoms with Crippen molar-refractivity contribution in [2.45, 2.75) is 37.4 Å². The zero-order valence-electron chi connectivity index (χ0n) is 14.2. The molecule has 132 valence electrons. The van der Waals surface area contributed by atoms with Crippen LogP contribution in [0.25, 0.3) is 0 Å². The third-order valence-electron chi connectivity index (χ3n) is 3.91. The molecule has 2 amide bonds. The van der Waals surface area contributed by atoms with Crippen LogP contribution in [0.5, 0.6) is 0 Å². The standard InChI is InChI=1S/C18H22N4O2S/c1-12-15(9-13-5-3-2-4-6-13)22-18(20-12)25-11-17(24)19-10-16(23)21-14-7-8-14/h2-6,14H,7-11H2,1H3,(H,19,24)(H,20,22)(H,21,23). The predicted octanol–water partition coefficient (Wildman–Crippen LogP) is 1.80. The maximum absolute atomic E-state index is 11.9. The van der Waals surface area contributed by atoms with Gasteiger partial charge in [-0.05, 0) is 25.3 Å². The van der Waals surface area contributed by atoms with E-state index in [1.165, 1.54) is 17.3 Å². The van der Waals surface area contributed by atoms with E-state index < -0.39 is 0 Å². The zero-order chi connectivity index (χ0) is 17.6. The fourth-order valence-corrected chi connectivity index (χ4v) is 3.14. The van der Waals surface area contributed by atoms with Gasteiger partial charge in [0.25, 0.3) is 0 Å². The van der Waals surface area contributed by atoms with Crippen LogP contribution in [-0.2, 0) is 16.0 Å².